The third-order valence-electron chi connectivity index (χ3n) is 3.31. The number of benzene rings is 1. The van der Waals surface area contributed by atoms with Crippen LogP contribution in [-0.2, 0) is 11.2 Å². The predicted octanol–water partition coefficient (Wildman–Crippen LogP) is 2.69. The molecule has 2 unspecified atom stereocenters. The van der Waals surface area contributed by atoms with Crippen LogP contribution in [0.1, 0.15) is 36.9 Å². The number of likely N-dealkylation sites (N-methyl/N-ethyl adjacent to an activating group) is 1. The van der Waals surface area contributed by atoms with E-state index in [0.29, 0.717) is 12.1 Å². The fourth-order valence-electron chi connectivity index (χ4n) is 2.52. The lowest BCUT2D eigenvalue weighted by Gasteiger charge is -2.33. The number of fused-ring (bicyclic) bond motifs is 1. The molecule has 0 radical (unpaired) electrons. The molecule has 2 nitrogen and oxygen atoms in total. The van der Waals surface area contributed by atoms with E-state index in [-0.39, 0.29) is 0 Å². The fourth-order valence-corrected chi connectivity index (χ4v) is 2.52. The number of aryl methyl sites for hydroxylation is 1. The molecule has 0 fully saturated rings. The summed E-state index contributed by atoms with van der Waals surface area (Å²) < 4.78 is 5.93. The van der Waals surface area contributed by atoms with E-state index >= 15 is 0 Å². The maximum atomic E-state index is 5.93. The molecular weight excluding hydrogens is 198 g/mol. The van der Waals surface area contributed by atoms with Crippen molar-refractivity contribution in [3.63, 3.8) is 0 Å². The first-order valence-electron chi connectivity index (χ1n) is 6.23. The normalized spacial score (nSPS) is 24.1. The second-order valence-electron chi connectivity index (χ2n) is 4.41. The van der Waals surface area contributed by atoms with Gasteiger partial charge < -0.3 is 10.1 Å². The first-order valence-corrected chi connectivity index (χ1v) is 6.23. The molecule has 0 saturated carbocycles. The topological polar surface area (TPSA) is 21.3 Å². The van der Waals surface area contributed by atoms with E-state index in [1.807, 2.05) is 7.05 Å². The van der Waals surface area contributed by atoms with Crippen molar-refractivity contribution >= 4 is 0 Å². The van der Waals surface area contributed by atoms with Gasteiger partial charge in [-0.2, -0.15) is 0 Å². The van der Waals surface area contributed by atoms with Crippen LogP contribution < -0.4 is 5.32 Å². The largest absolute Gasteiger partial charge is 0.376 e. The second-order valence-corrected chi connectivity index (χ2v) is 4.41. The molecule has 1 aliphatic carbocycles. The Morgan fingerprint density at radius 2 is 2.19 bits per heavy atom. The van der Waals surface area contributed by atoms with Gasteiger partial charge in [0.1, 0.15) is 0 Å². The molecule has 1 N–H and O–H groups in total. The third kappa shape index (κ3) is 2.28. The van der Waals surface area contributed by atoms with E-state index in [4.69, 9.17) is 4.74 Å². The van der Waals surface area contributed by atoms with Crippen LogP contribution in [0.5, 0.6) is 0 Å². The average Bonchev–Trinajstić information content (AvgIpc) is 2.35. The summed E-state index contributed by atoms with van der Waals surface area (Å²) in [5, 5.41) is 3.39. The molecule has 88 valence electrons. The van der Waals surface area contributed by atoms with E-state index in [0.717, 1.165) is 25.9 Å². The lowest BCUT2D eigenvalue weighted by molar-refractivity contribution is 0.0178. The Morgan fingerprint density at radius 3 is 2.94 bits per heavy atom. The minimum Gasteiger partial charge on any atom is -0.376 e. The molecule has 0 saturated heterocycles. The van der Waals surface area contributed by atoms with Crippen molar-refractivity contribution in [2.75, 3.05) is 13.7 Å². The summed E-state index contributed by atoms with van der Waals surface area (Å²) in [5.41, 5.74) is 2.88. The Labute approximate surface area is 98.0 Å². The van der Waals surface area contributed by atoms with E-state index in [9.17, 15) is 0 Å². The van der Waals surface area contributed by atoms with Gasteiger partial charge in [0.25, 0.3) is 0 Å². The van der Waals surface area contributed by atoms with Gasteiger partial charge in [-0.3, -0.25) is 0 Å². The standard InChI is InChI=1S/C14H21NO/c1-3-10-16-13-9-8-11-6-4-5-7-12(11)14(13)15-2/h4-7,13-15H,3,8-10H2,1-2H3. The highest BCUT2D eigenvalue weighted by molar-refractivity contribution is 5.33. The quantitative estimate of drug-likeness (QED) is 0.840. The highest BCUT2D eigenvalue weighted by Crippen LogP contribution is 2.31. The summed E-state index contributed by atoms with van der Waals surface area (Å²) >= 11 is 0. The Morgan fingerprint density at radius 1 is 1.38 bits per heavy atom. The second kappa shape index (κ2) is 5.46. The number of rotatable bonds is 4. The highest BCUT2D eigenvalue weighted by atomic mass is 16.5. The zero-order chi connectivity index (χ0) is 11.4. The van der Waals surface area contributed by atoms with Gasteiger partial charge in [0.2, 0.25) is 0 Å². The molecule has 1 aromatic rings. The van der Waals surface area contributed by atoms with Crippen molar-refractivity contribution < 1.29 is 4.74 Å². The minimum absolute atomic E-state index is 0.333. The van der Waals surface area contributed by atoms with E-state index in [2.05, 4.69) is 36.5 Å². The molecule has 1 aromatic carbocycles. The summed E-state index contributed by atoms with van der Waals surface area (Å²) in [6.45, 7) is 3.02. The Bertz CT molecular complexity index is 337. The van der Waals surface area contributed by atoms with Crippen molar-refractivity contribution in [2.45, 2.75) is 38.3 Å². The van der Waals surface area contributed by atoms with Gasteiger partial charge in [-0.15, -0.1) is 0 Å². The zero-order valence-electron chi connectivity index (χ0n) is 10.2. The summed E-state index contributed by atoms with van der Waals surface area (Å²) in [6.07, 6.45) is 3.69. The van der Waals surface area contributed by atoms with Crippen molar-refractivity contribution in [1.29, 1.82) is 0 Å². The Balaban J connectivity index is 2.16. The maximum absolute atomic E-state index is 5.93. The van der Waals surface area contributed by atoms with Gasteiger partial charge >= 0.3 is 0 Å². The summed E-state index contributed by atoms with van der Waals surface area (Å²) in [5.74, 6) is 0. The predicted molar refractivity (Wildman–Crippen MR) is 66.6 cm³/mol. The van der Waals surface area contributed by atoms with Crippen LogP contribution in [0.2, 0.25) is 0 Å². The van der Waals surface area contributed by atoms with Crippen LogP contribution in [-0.4, -0.2) is 19.8 Å². The van der Waals surface area contributed by atoms with Gasteiger partial charge in [-0.25, -0.2) is 0 Å². The lowest BCUT2D eigenvalue weighted by atomic mass is 9.85. The number of ether oxygens (including phenoxy) is 1. The summed E-state index contributed by atoms with van der Waals surface area (Å²) in [7, 11) is 2.02. The van der Waals surface area contributed by atoms with Crippen LogP contribution in [0.25, 0.3) is 0 Å². The van der Waals surface area contributed by atoms with Crippen molar-refractivity contribution in [2.24, 2.45) is 0 Å². The molecular formula is C14H21NO. The van der Waals surface area contributed by atoms with Crippen LogP contribution in [0.15, 0.2) is 24.3 Å². The van der Waals surface area contributed by atoms with Crippen LogP contribution in [0.3, 0.4) is 0 Å². The van der Waals surface area contributed by atoms with Crippen molar-refractivity contribution in [1.82, 2.24) is 5.32 Å². The molecule has 0 aromatic heterocycles. The molecule has 2 rings (SSSR count). The van der Waals surface area contributed by atoms with Gasteiger partial charge in [0.05, 0.1) is 12.1 Å². The lowest BCUT2D eigenvalue weighted by Crippen LogP contribution is -2.36. The number of hydrogen-bond donors (Lipinski definition) is 1. The fraction of sp³-hybridized carbons (Fsp3) is 0.571. The average molecular weight is 219 g/mol. The van der Waals surface area contributed by atoms with Crippen LogP contribution in [0, 0.1) is 0 Å². The molecule has 16 heavy (non-hydrogen) atoms. The van der Waals surface area contributed by atoms with E-state index < -0.39 is 0 Å². The third-order valence-corrected chi connectivity index (χ3v) is 3.31. The van der Waals surface area contributed by atoms with E-state index in [1.54, 1.807) is 0 Å². The smallest absolute Gasteiger partial charge is 0.0772 e. The van der Waals surface area contributed by atoms with Gasteiger partial charge in [0.15, 0.2) is 0 Å². The molecule has 1 aliphatic rings. The first-order chi connectivity index (χ1) is 7.86. The van der Waals surface area contributed by atoms with Crippen molar-refractivity contribution in [3.8, 4) is 0 Å². The molecule has 0 aliphatic heterocycles. The molecule has 2 atom stereocenters. The molecule has 0 spiro atoms. The Hall–Kier alpha value is -0.860. The van der Waals surface area contributed by atoms with E-state index in [1.165, 1.54) is 11.1 Å². The number of hydrogen-bond acceptors (Lipinski definition) is 2. The summed E-state index contributed by atoms with van der Waals surface area (Å²) in [4.78, 5) is 0. The maximum Gasteiger partial charge on any atom is 0.0772 e. The Kier molecular flexibility index (Phi) is 3.97. The SMILES string of the molecule is CCCOC1CCc2ccccc2C1NC. The number of nitrogens with one attached hydrogen (secondary N) is 1. The minimum atomic E-state index is 0.333. The van der Waals surface area contributed by atoms with Gasteiger partial charge in [-0.1, -0.05) is 31.2 Å². The van der Waals surface area contributed by atoms with Gasteiger partial charge in [0, 0.05) is 6.61 Å². The monoisotopic (exact) mass is 219 g/mol. The molecule has 0 amide bonds. The highest BCUT2D eigenvalue weighted by Gasteiger charge is 2.28. The molecule has 2 heteroatoms. The van der Waals surface area contributed by atoms with Crippen LogP contribution in [0.4, 0.5) is 0 Å². The first kappa shape index (κ1) is 11.6. The van der Waals surface area contributed by atoms with Crippen LogP contribution >= 0.6 is 0 Å². The van der Waals surface area contributed by atoms with Crippen molar-refractivity contribution in [3.05, 3.63) is 35.4 Å². The molecule has 0 bridgehead atoms. The summed E-state index contributed by atoms with van der Waals surface area (Å²) in [6, 6.07) is 9.05. The zero-order valence-corrected chi connectivity index (χ0v) is 10.2. The molecule has 0 heterocycles. The van der Waals surface area contributed by atoms with Gasteiger partial charge in [-0.05, 0) is 37.4 Å².